The zero-order valence-corrected chi connectivity index (χ0v) is 20.7. The standard InChI is InChI=1S/C28H45NO3/c1-19-23(30)16-20(17-24(19)31)10-11-21-8-7-13-26(4)27(14-15-28(21,26)29-5)18-22(27)9-6-12-25(2,3)32/h6,9-10,21-24,29-32H,1,7-8,11-18H2,2-5H3/b9-6+/t21?,22?,23-,24-,26-,27?,28-/m1/s1. The number of fused-ring (bicyclic) bond motifs is 2. The van der Waals surface area contributed by atoms with Crippen LogP contribution in [0.3, 0.4) is 0 Å². The van der Waals surface area contributed by atoms with Crippen LogP contribution in [0.15, 0.2) is 36.0 Å². The first-order valence-corrected chi connectivity index (χ1v) is 12.8. The SMILES string of the molecule is C=C1[C@H](O)CC(=CCC2CCC[C@]3(C)C4(CC[C@@]23NC)CC4/C=C/CC(C)(C)O)C[C@H]1O. The molecule has 4 aliphatic rings. The van der Waals surface area contributed by atoms with Gasteiger partial charge in [0.15, 0.2) is 0 Å². The first-order valence-electron chi connectivity index (χ1n) is 12.8. The van der Waals surface area contributed by atoms with Crippen LogP contribution in [0.5, 0.6) is 0 Å². The molecular formula is C28H45NO3. The Hall–Kier alpha value is -0.940. The lowest BCUT2D eigenvalue weighted by molar-refractivity contribution is -0.0122. The van der Waals surface area contributed by atoms with Crippen LogP contribution >= 0.6 is 0 Å². The van der Waals surface area contributed by atoms with Gasteiger partial charge in [-0.25, -0.2) is 0 Å². The smallest absolute Gasteiger partial charge is 0.0809 e. The van der Waals surface area contributed by atoms with Crippen molar-refractivity contribution in [3.63, 3.8) is 0 Å². The van der Waals surface area contributed by atoms with Crippen molar-refractivity contribution in [2.24, 2.45) is 22.7 Å². The lowest BCUT2D eigenvalue weighted by Crippen LogP contribution is -2.61. The molecule has 4 rings (SSSR count). The van der Waals surface area contributed by atoms with Crippen LogP contribution in [-0.4, -0.2) is 45.7 Å². The van der Waals surface area contributed by atoms with Crippen LogP contribution in [0.2, 0.25) is 0 Å². The Balaban J connectivity index is 1.51. The minimum atomic E-state index is -0.636. The van der Waals surface area contributed by atoms with Crippen LogP contribution < -0.4 is 5.32 Å². The Bertz CT molecular complexity index is 779. The van der Waals surface area contributed by atoms with Gasteiger partial charge in [0.2, 0.25) is 0 Å². The molecule has 1 spiro atoms. The minimum absolute atomic E-state index is 0.149. The quantitative estimate of drug-likeness (QED) is 0.451. The summed E-state index contributed by atoms with van der Waals surface area (Å²) in [6.07, 6.45) is 16.3. The fourth-order valence-electron chi connectivity index (χ4n) is 7.98. The fraction of sp³-hybridized carbons (Fsp3) is 0.786. The van der Waals surface area contributed by atoms with Crippen molar-refractivity contribution in [2.45, 2.75) is 108 Å². The maximum atomic E-state index is 10.2. The van der Waals surface area contributed by atoms with E-state index in [4.69, 9.17) is 0 Å². The Morgan fingerprint density at radius 3 is 2.47 bits per heavy atom. The molecule has 7 atom stereocenters. The fourth-order valence-corrected chi connectivity index (χ4v) is 7.98. The van der Waals surface area contributed by atoms with Crippen molar-refractivity contribution in [1.82, 2.24) is 5.32 Å². The Kier molecular flexibility index (Phi) is 6.33. The van der Waals surface area contributed by atoms with E-state index in [1.165, 1.54) is 44.1 Å². The van der Waals surface area contributed by atoms with Gasteiger partial charge in [-0.2, -0.15) is 0 Å². The average Bonchev–Trinajstić information content (AvgIpc) is 3.36. The summed E-state index contributed by atoms with van der Waals surface area (Å²) in [4.78, 5) is 0. The van der Waals surface area contributed by atoms with E-state index in [1.807, 2.05) is 13.8 Å². The summed E-state index contributed by atoms with van der Waals surface area (Å²) < 4.78 is 0. The molecule has 0 bridgehead atoms. The summed E-state index contributed by atoms with van der Waals surface area (Å²) in [5.74, 6) is 1.22. The third kappa shape index (κ3) is 3.85. The molecule has 3 unspecified atom stereocenters. The largest absolute Gasteiger partial charge is 0.390 e. The average molecular weight is 444 g/mol. The van der Waals surface area contributed by atoms with Gasteiger partial charge in [-0.05, 0) is 107 Å². The number of nitrogens with one attached hydrogen (secondary N) is 1. The Labute approximate surface area is 194 Å². The van der Waals surface area contributed by atoms with Gasteiger partial charge in [0.05, 0.1) is 17.8 Å². The zero-order valence-electron chi connectivity index (χ0n) is 20.7. The Morgan fingerprint density at radius 2 is 1.84 bits per heavy atom. The minimum Gasteiger partial charge on any atom is -0.390 e. The molecule has 4 fully saturated rings. The molecule has 0 aromatic carbocycles. The molecular weight excluding hydrogens is 398 g/mol. The topological polar surface area (TPSA) is 72.7 Å². The molecule has 32 heavy (non-hydrogen) atoms. The van der Waals surface area contributed by atoms with E-state index >= 15 is 0 Å². The normalized spacial score (nSPS) is 44.3. The van der Waals surface area contributed by atoms with Crippen molar-refractivity contribution in [3.05, 3.63) is 36.0 Å². The lowest BCUT2D eigenvalue weighted by Gasteiger charge is -2.55. The van der Waals surface area contributed by atoms with Crippen molar-refractivity contribution >= 4 is 0 Å². The number of hydrogen-bond donors (Lipinski definition) is 4. The maximum Gasteiger partial charge on any atom is 0.0809 e. The lowest BCUT2D eigenvalue weighted by atomic mass is 9.54. The van der Waals surface area contributed by atoms with E-state index in [9.17, 15) is 15.3 Å². The molecule has 4 heteroatoms. The summed E-state index contributed by atoms with van der Waals surface area (Å²) in [6.45, 7) is 10.2. The molecule has 0 saturated heterocycles. The summed E-state index contributed by atoms with van der Waals surface area (Å²) in [6, 6.07) is 0. The summed E-state index contributed by atoms with van der Waals surface area (Å²) >= 11 is 0. The van der Waals surface area contributed by atoms with Crippen LogP contribution in [-0.2, 0) is 0 Å². The first kappa shape index (κ1) is 24.2. The molecule has 4 saturated carbocycles. The van der Waals surface area contributed by atoms with Crippen LogP contribution in [0.1, 0.15) is 85.0 Å². The third-order valence-electron chi connectivity index (χ3n) is 10.00. The van der Waals surface area contributed by atoms with Crippen molar-refractivity contribution in [1.29, 1.82) is 0 Å². The Morgan fingerprint density at radius 1 is 1.16 bits per heavy atom. The molecule has 4 aliphatic carbocycles. The molecule has 0 amide bonds. The molecule has 4 N–H and O–H groups in total. The summed E-state index contributed by atoms with van der Waals surface area (Å²) in [7, 11) is 2.17. The van der Waals surface area contributed by atoms with Gasteiger partial charge >= 0.3 is 0 Å². The number of allylic oxidation sites excluding steroid dienone is 2. The van der Waals surface area contributed by atoms with E-state index in [2.05, 4.69) is 44.1 Å². The second-order valence-corrected chi connectivity index (χ2v) is 12.2. The van der Waals surface area contributed by atoms with Crippen molar-refractivity contribution in [2.75, 3.05) is 7.05 Å². The molecule has 4 nitrogen and oxygen atoms in total. The molecule has 0 aliphatic heterocycles. The van der Waals surface area contributed by atoms with E-state index in [0.717, 1.165) is 6.42 Å². The number of aliphatic hydroxyl groups is 3. The van der Waals surface area contributed by atoms with E-state index in [-0.39, 0.29) is 11.0 Å². The monoisotopic (exact) mass is 443 g/mol. The van der Waals surface area contributed by atoms with Crippen LogP contribution in [0.4, 0.5) is 0 Å². The number of hydrogen-bond acceptors (Lipinski definition) is 4. The van der Waals surface area contributed by atoms with Gasteiger partial charge in [0.25, 0.3) is 0 Å². The molecule has 0 heterocycles. The van der Waals surface area contributed by atoms with E-state index in [1.54, 1.807) is 0 Å². The highest BCUT2D eigenvalue weighted by Gasteiger charge is 2.74. The van der Waals surface area contributed by atoms with Crippen molar-refractivity contribution < 1.29 is 15.3 Å². The van der Waals surface area contributed by atoms with E-state index in [0.29, 0.717) is 42.1 Å². The molecule has 0 radical (unpaired) electrons. The van der Waals surface area contributed by atoms with Gasteiger partial charge in [-0.15, -0.1) is 0 Å². The predicted molar refractivity (Wildman–Crippen MR) is 130 cm³/mol. The second-order valence-electron chi connectivity index (χ2n) is 12.2. The zero-order chi connectivity index (χ0) is 23.4. The van der Waals surface area contributed by atoms with Crippen LogP contribution in [0, 0.1) is 22.7 Å². The third-order valence-corrected chi connectivity index (χ3v) is 10.00. The van der Waals surface area contributed by atoms with E-state index < -0.39 is 17.8 Å². The van der Waals surface area contributed by atoms with Gasteiger partial charge in [0.1, 0.15) is 0 Å². The maximum absolute atomic E-state index is 10.2. The highest BCUT2D eigenvalue weighted by Crippen LogP contribution is 2.78. The number of aliphatic hydroxyl groups excluding tert-OH is 2. The first-order chi connectivity index (χ1) is 15.0. The van der Waals surface area contributed by atoms with Gasteiger partial charge in [-0.1, -0.05) is 43.7 Å². The number of rotatable bonds is 6. The highest BCUT2D eigenvalue weighted by molar-refractivity contribution is 5.31. The van der Waals surface area contributed by atoms with Gasteiger partial charge in [0, 0.05) is 5.54 Å². The van der Waals surface area contributed by atoms with Gasteiger partial charge in [-0.3, -0.25) is 0 Å². The molecule has 180 valence electrons. The van der Waals surface area contributed by atoms with Gasteiger partial charge < -0.3 is 20.6 Å². The molecule has 0 aromatic rings. The predicted octanol–water partition coefficient (Wildman–Crippen LogP) is 4.66. The highest BCUT2D eigenvalue weighted by atomic mass is 16.3. The van der Waals surface area contributed by atoms with Crippen molar-refractivity contribution in [3.8, 4) is 0 Å². The van der Waals surface area contributed by atoms with Crippen LogP contribution in [0.25, 0.3) is 0 Å². The summed E-state index contributed by atoms with van der Waals surface area (Å²) in [5, 5.41) is 34.4. The molecule has 0 aromatic heterocycles. The second kappa shape index (κ2) is 8.37. The summed E-state index contributed by atoms with van der Waals surface area (Å²) in [5.41, 5.74) is 1.93.